The van der Waals surface area contributed by atoms with Crippen molar-refractivity contribution in [2.75, 3.05) is 13.2 Å². The number of carbonyl (C=O) groups is 1. The molecule has 0 radical (unpaired) electrons. The Morgan fingerprint density at radius 3 is 2.65 bits per heavy atom. The zero-order valence-electron chi connectivity index (χ0n) is 17.1. The summed E-state index contributed by atoms with van der Waals surface area (Å²) >= 11 is 0. The molecule has 2 heterocycles. The van der Waals surface area contributed by atoms with E-state index in [0.717, 1.165) is 5.39 Å². The van der Waals surface area contributed by atoms with Crippen LogP contribution in [0.3, 0.4) is 0 Å². The van der Waals surface area contributed by atoms with Gasteiger partial charge >= 0.3 is 5.97 Å². The van der Waals surface area contributed by atoms with Gasteiger partial charge in [-0.2, -0.15) is 0 Å². The van der Waals surface area contributed by atoms with Crippen LogP contribution in [-0.2, 0) is 9.53 Å². The number of carboxylic acid groups (broad SMARTS) is 1. The number of benzene rings is 1. The van der Waals surface area contributed by atoms with Crippen molar-refractivity contribution in [1.82, 2.24) is 10.3 Å². The van der Waals surface area contributed by atoms with Gasteiger partial charge in [0.25, 0.3) is 0 Å². The molecule has 0 saturated carbocycles. The van der Waals surface area contributed by atoms with Gasteiger partial charge in [-0.25, -0.2) is 4.79 Å². The van der Waals surface area contributed by atoms with E-state index >= 15 is 0 Å². The van der Waals surface area contributed by atoms with Crippen LogP contribution < -0.4 is 14.8 Å². The third-order valence-electron chi connectivity index (χ3n) is 4.86. The molecule has 0 bridgehead atoms. The predicted molar refractivity (Wildman–Crippen MR) is 108 cm³/mol. The molecule has 11 heteroatoms. The van der Waals surface area contributed by atoms with Gasteiger partial charge in [-0.3, -0.25) is 0 Å². The summed E-state index contributed by atoms with van der Waals surface area (Å²) in [6.07, 6.45) is -7.63. The Morgan fingerprint density at radius 1 is 1.23 bits per heavy atom. The highest BCUT2D eigenvalue weighted by Crippen LogP contribution is 2.33. The number of hydrogen-bond acceptors (Lipinski definition) is 9. The van der Waals surface area contributed by atoms with Crippen molar-refractivity contribution in [1.29, 1.82) is 0 Å². The van der Waals surface area contributed by atoms with E-state index in [4.69, 9.17) is 19.3 Å². The average Bonchev–Trinajstić information content (AvgIpc) is 3.19. The summed E-state index contributed by atoms with van der Waals surface area (Å²) in [4.78, 5) is 14.3. The second kappa shape index (κ2) is 9.81. The molecule has 1 aromatic heterocycles. The Kier molecular flexibility index (Phi) is 7.36. The quantitative estimate of drug-likeness (QED) is 0.261. The highest BCUT2D eigenvalue weighted by Gasteiger charge is 2.48. The molecular weight excluding hydrogens is 412 g/mol. The number of hydrogen-bond donors (Lipinski definition) is 7. The molecule has 1 saturated heterocycles. The molecule has 1 aromatic carbocycles. The number of H-pyrrole nitrogens is 1. The van der Waals surface area contributed by atoms with Crippen LogP contribution in [-0.4, -0.2) is 92.5 Å². The molecule has 1 unspecified atom stereocenters. The van der Waals surface area contributed by atoms with Crippen LogP contribution in [0.4, 0.5) is 0 Å². The van der Waals surface area contributed by atoms with Crippen LogP contribution in [0.1, 0.15) is 13.8 Å². The molecule has 7 N–H and O–H groups in total. The lowest BCUT2D eigenvalue weighted by Crippen LogP contribution is -2.61. The fourth-order valence-corrected chi connectivity index (χ4v) is 3.20. The van der Waals surface area contributed by atoms with E-state index in [1.165, 1.54) is 6.07 Å². The Morgan fingerprint density at radius 2 is 1.97 bits per heavy atom. The lowest BCUT2D eigenvalue weighted by molar-refractivity contribution is -0.271. The van der Waals surface area contributed by atoms with Crippen LogP contribution in [0.25, 0.3) is 10.9 Å². The number of fused-ring (bicyclic) bond motifs is 1. The van der Waals surface area contributed by atoms with Crippen molar-refractivity contribution in [2.24, 2.45) is 0 Å². The van der Waals surface area contributed by atoms with Crippen molar-refractivity contribution >= 4 is 16.9 Å². The first-order valence-electron chi connectivity index (χ1n) is 9.92. The van der Waals surface area contributed by atoms with Crippen LogP contribution in [0.15, 0.2) is 24.4 Å². The molecule has 3 rings (SSSR count). The smallest absolute Gasteiger partial charge is 0.335 e. The number of aliphatic carboxylic acids is 1. The molecule has 6 atom stereocenters. The number of carboxylic acids is 1. The largest absolute Gasteiger partial charge is 0.490 e. The predicted octanol–water partition coefficient (Wildman–Crippen LogP) is -0.823. The highest BCUT2D eigenvalue weighted by atomic mass is 16.7. The maximum absolute atomic E-state index is 11.3. The third kappa shape index (κ3) is 5.45. The fourth-order valence-electron chi connectivity index (χ4n) is 3.20. The van der Waals surface area contributed by atoms with Crippen molar-refractivity contribution in [2.45, 2.75) is 56.7 Å². The molecule has 0 aliphatic carbocycles. The van der Waals surface area contributed by atoms with Gasteiger partial charge in [0.05, 0.1) is 5.52 Å². The molecule has 2 aromatic rings. The first kappa shape index (κ1) is 23.3. The van der Waals surface area contributed by atoms with Crippen LogP contribution in [0.5, 0.6) is 11.5 Å². The summed E-state index contributed by atoms with van der Waals surface area (Å²) in [7, 11) is 0. The summed E-state index contributed by atoms with van der Waals surface area (Å²) in [5.74, 6) is -0.950. The maximum Gasteiger partial charge on any atom is 0.335 e. The summed E-state index contributed by atoms with van der Waals surface area (Å²) < 4.78 is 16.5. The van der Waals surface area contributed by atoms with Crippen LogP contribution in [0, 0.1) is 0 Å². The van der Waals surface area contributed by atoms with Gasteiger partial charge in [0.1, 0.15) is 42.5 Å². The Balaban J connectivity index is 1.76. The number of aliphatic hydroxyl groups excluding tert-OH is 4. The summed E-state index contributed by atoms with van der Waals surface area (Å²) in [6, 6.07) is 5.08. The topological polar surface area (TPSA) is 174 Å². The van der Waals surface area contributed by atoms with Gasteiger partial charge in [-0.05, 0) is 6.07 Å². The second-order valence-electron chi connectivity index (χ2n) is 7.74. The molecule has 1 aliphatic heterocycles. The van der Waals surface area contributed by atoms with E-state index < -0.39 is 42.8 Å². The van der Waals surface area contributed by atoms with Crippen LogP contribution >= 0.6 is 0 Å². The zero-order valence-corrected chi connectivity index (χ0v) is 17.1. The molecule has 0 spiro atoms. The number of aliphatic hydroxyl groups is 4. The standard InChI is InChI=1S/C20H28N2O9/c1-9(2)22-7-10(23)8-29-14-6-11(5-13-12(14)3-4-21-13)30-20-17(26)15(24)16(25)18(31-20)19(27)28/h3-6,9-10,15-18,20-26H,7-8H2,1-2H3,(H,27,28)/t10?,15-,16-,17+,18-,20+/m0/s1. The Labute approximate surface area is 178 Å². The molecule has 11 nitrogen and oxygen atoms in total. The van der Waals surface area contributed by atoms with E-state index in [9.17, 15) is 25.2 Å². The summed E-state index contributed by atoms with van der Waals surface area (Å²) in [5.41, 5.74) is 0.628. The van der Waals surface area contributed by atoms with Gasteiger partial charge in [-0.1, -0.05) is 13.8 Å². The molecule has 1 aliphatic rings. The summed E-state index contributed by atoms with van der Waals surface area (Å²) in [6.45, 7) is 4.29. The number of aromatic amines is 1. The van der Waals surface area contributed by atoms with E-state index in [1.54, 1.807) is 18.3 Å². The van der Waals surface area contributed by atoms with E-state index in [1.807, 2.05) is 13.8 Å². The molecule has 0 amide bonds. The molecule has 172 valence electrons. The van der Waals surface area contributed by atoms with Gasteiger partial charge in [0, 0.05) is 36.3 Å². The third-order valence-corrected chi connectivity index (χ3v) is 4.86. The lowest BCUT2D eigenvalue weighted by Gasteiger charge is -2.38. The SMILES string of the molecule is CC(C)NCC(O)COc1cc(O[C@@H]2O[C@H](C(=O)O)[C@@H](O)[C@H](O)[C@H]2O)cc2[nH]ccc12. The number of ether oxygens (including phenoxy) is 3. The van der Waals surface area contributed by atoms with E-state index in [-0.39, 0.29) is 18.4 Å². The molecule has 1 fully saturated rings. The van der Waals surface area contributed by atoms with Crippen molar-refractivity contribution < 1.29 is 44.5 Å². The first-order valence-corrected chi connectivity index (χ1v) is 9.92. The summed E-state index contributed by atoms with van der Waals surface area (Å²) in [5, 5.41) is 53.0. The second-order valence-corrected chi connectivity index (χ2v) is 7.74. The Bertz CT molecular complexity index is 887. The molecule has 31 heavy (non-hydrogen) atoms. The monoisotopic (exact) mass is 440 g/mol. The number of nitrogens with one attached hydrogen (secondary N) is 2. The minimum Gasteiger partial charge on any atom is -0.490 e. The maximum atomic E-state index is 11.3. The normalized spacial score (nSPS) is 27.4. The lowest BCUT2D eigenvalue weighted by atomic mass is 9.99. The number of aromatic nitrogens is 1. The zero-order chi connectivity index (χ0) is 22.7. The Hall–Kier alpha value is -2.41. The number of rotatable bonds is 9. The minimum absolute atomic E-state index is 0.0119. The fraction of sp³-hybridized carbons (Fsp3) is 0.550. The van der Waals surface area contributed by atoms with Gasteiger partial charge in [0.15, 0.2) is 6.10 Å². The molecular formula is C20H28N2O9. The highest BCUT2D eigenvalue weighted by molar-refractivity contribution is 5.87. The van der Waals surface area contributed by atoms with Crippen molar-refractivity contribution in [3.63, 3.8) is 0 Å². The van der Waals surface area contributed by atoms with E-state index in [0.29, 0.717) is 17.8 Å². The van der Waals surface area contributed by atoms with Crippen molar-refractivity contribution in [3.8, 4) is 11.5 Å². The minimum atomic E-state index is -1.81. The van der Waals surface area contributed by atoms with Gasteiger partial charge in [-0.15, -0.1) is 0 Å². The van der Waals surface area contributed by atoms with Gasteiger partial charge in [0.2, 0.25) is 6.29 Å². The van der Waals surface area contributed by atoms with E-state index in [2.05, 4.69) is 10.3 Å². The van der Waals surface area contributed by atoms with Crippen molar-refractivity contribution in [3.05, 3.63) is 24.4 Å². The average molecular weight is 440 g/mol. The van der Waals surface area contributed by atoms with Gasteiger partial charge < -0.3 is 50.0 Å². The first-order chi connectivity index (χ1) is 14.7. The van der Waals surface area contributed by atoms with Crippen LogP contribution in [0.2, 0.25) is 0 Å².